The summed E-state index contributed by atoms with van der Waals surface area (Å²) >= 11 is 1.65. The molecule has 1 heterocycles. The van der Waals surface area contributed by atoms with Gasteiger partial charge in [-0.15, -0.1) is 11.3 Å². The third-order valence-electron chi connectivity index (χ3n) is 4.48. The number of aryl methyl sites for hydroxylation is 1. The first-order valence-electron chi connectivity index (χ1n) is 9.60. The molecule has 1 aromatic heterocycles. The Hall–Kier alpha value is -2.66. The van der Waals surface area contributed by atoms with Crippen LogP contribution in [0.5, 0.6) is 5.75 Å². The van der Waals surface area contributed by atoms with Crippen molar-refractivity contribution in [1.82, 2.24) is 10.3 Å². The summed E-state index contributed by atoms with van der Waals surface area (Å²) in [7, 11) is 0. The smallest absolute Gasteiger partial charge is 0.217 e. The molecule has 0 spiro atoms. The fourth-order valence-corrected chi connectivity index (χ4v) is 3.88. The van der Waals surface area contributed by atoms with Crippen LogP contribution in [0.3, 0.4) is 0 Å². The molecule has 2 aromatic carbocycles. The van der Waals surface area contributed by atoms with E-state index in [1.165, 1.54) is 5.56 Å². The van der Waals surface area contributed by atoms with Gasteiger partial charge in [0.15, 0.2) is 0 Å². The molecular weight excluding hydrogens is 368 g/mol. The molecule has 1 N–H and O–H groups in total. The molecule has 5 heteroatoms. The average Bonchev–Trinajstić information content (AvgIpc) is 3.17. The molecule has 3 aromatic rings. The Morgan fingerprint density at radius 1 is 1.11 bits per heavy atom. The summed E-state index contributed by atoms with van der Waals surface area (Å²) in [6.45, 7) is 6.24. The first kappa shape index (κ1) is 20.1. The molecule has 0 radical (unpaired) electrons. The van der Waals surface area contributed by atoms with Gasteiger partial charge in [-0.1, -0.05) is 24.3 Å². The van der Waals surface area contributed by atoms with Crippen LogP contribution in [-0.2, 0) is 11.2 Å². The molecule has 0 fully saturated rings. The van der Waals surface area contributed by atoms with Gasteiger partial charge in [0, 0.05) is 29.5 Å². The number of carbonyl (C=O) groups excluding carboxylic acids is 1. The maximum Gasteiger partial charge on any atom is 0.217 e. The zero-order valence-corrected chi connectivity index (χ0v) is 17.4. The van der Waals surface area contributed by atoms with Gasteiger partial charge < -0.3 is 10.1 Å². The number of carbonyl (C=O) groups is 1. The Morgan fingerprint density at radius 2 is 1.79 bits per heavy atom. The number of hydrogen-bond donors (Lipinski definition) is 1. The zero-order valence-electron chi connectivity index (χ0n) is 16.6. The molecule has 0 saturated heterocycles. The first-order chi connectivity index (χ1) is 13.5. The number of ether oxygens (including phenoxy) is 1. The quantitative estimate of drug-likeness (QED) is 0.561. The average molecular weight is 395 g/mol. The van der Waals surface area contributed by atoms with Gasteiger partial charge in [-0.25, -0.2) is 4.98 Å². The van der Waals surface area contributed by atoms with E-state index in [1.54, 1.807) is 18.3 Å². The Morgan fingerprint density at radius 3 is 2.43 bits per heavy atom. The topological polar surface area (TPSA) is 51.2 Å². The molecule has 0 aliphatic carbocycles. The molecule has 0 saturated carbocycles. The van der Waals surface area contributed by atoms with Crippen molar-refractivity contribution in [3.63, 3.8) is 0 Å². The number of rotatable bonds is 8. The fourth-order valence-electron chi connectivity index (χ4n) is 3.04. The minimum Gasteiger partial charge on any atom is -0.494 e. The standard InChI is InChI=1S/C23H26N2O2S/c1-4-27-21-13-11-20(12-14-21)23-25-22(15-28-23)19-9-7-18(8-10-19)6-5-16(2)24-17(3)26/h7-16H,4-6H2,1-3H3,(H,24,26). The maximum absolute atomic E-state index is 11.1. The third kappa shape index (κ3) is 5.42. The second-order valence-electron chi connectivity index (χ2n) is 6.83. The van der Waals surface area contributed by atoms with Crippen molar-refractivity contribution in [2.45, 2.75) is 39.7 Å². The Labute approximate surface area is 170 Å². The van der Waals surface area contributed by atoms with Crippen LogP contribution in [0.2, 0.25) is 0 Å². The summed E-state index contributed by atoms with van der Waals surface area (Å²) in [5.74, 6) is 0.904. The van der Waals surface area contributed by atoms with E-state index in [1.807, 2.05) is 38.1 Å². The van der Waals surface area contributed by atoms with E-state index in [4.69, 9.17) is 9.72 Å². The lowest BCUT2D eigenvalue weighted by atomic mass is 10.0. The van der Waals surface area contributed by atoms with Crippen molar-refractivity contribution in [3.05, 3.63) is 59.5 Å². The third-order valence-corrected chi connectivity index (χ3v) is 5.37. The van der Waals surface area contributed by atoms with Crippen molar-refractivity contribution >= 4 is 17.2 Å². The van der Waals surface area contributed by atoms with Crippen LogP contribution in [-0.4, -0.2) is 23.5 Å². The molecule has 28 heavy (non-hydrogen) atoms. The van der Waals surface area contributed by atoms with Crippen molar-refractivity contribution < 1.29 is 9.53 Å². The van der Waals surface area contributed by atoms with E-state index in [2.05, 4.69) is 35.0 Å². The van der Waals surface area contributed by atoms with Crippen LogP contribution in [0, 0.1) is 0 Å². The molecule has 1 atom stereocenters. The minimum absolute atomic E-state index is 0.0229. The van der Waals surface area contributed by atoms with E-state index in [0.29, 0.717) is 6.61 Å². The molecule has 0 bridgehead atoms. The summed E-state index contributed by atoms with van der Waals surface area (Å²) in [5, 5.41) is 6.03. The molecule has 0 aliphatic heterocycles. The van der Waals surface area contributed by atoms with Crippen LogP contribution in [0.1, 0.15) is 32.8 Å². The summed E-state index contributed by atoms with van der Waals surface area (Å²) in [5.41, 5.74) is 4.48. The molecule has 1 unspecified atom stereocenters. The second kappa shape index (κ2) is 9.51. The molecule has 3 rings (SSSR count). The van der Waals surface area contributed by atoms with E-state index in [9.17, 15) is 4.79 Å². The molecule has 0 aliphatic rings. The number of aromatic nitrogens is 1. The first-order valence-corrected chi connectivity index (χ1v) is 10.5. The molecule has 1 amide bonds. The lowest BCUT2D eigenvalue weighted by Gasteiger charge is -2.12. The predicted molar refractivity (Wildman–Crippen MR) is 116 cm³/mol. The van der Waals surface area contributed by atoms with Gasteiger partial charge in [-0.3, -0.25) is 4.79 Å². The van der Waals surface area contributed by atoms with Gasteiger partial charge in [0.2, 0.25) is 5.91 Å². The summed E-state index contributed by atoms with van der Waals surface area (Å²) < 4.78 is 5.50. The second-order valence-corrected chi connectivity index (χ2v) is 7.69. The van der Waals surface area contributed by atoms with Gasteiger partial charge in [0.25, 0.3) is 0 Å². The number of hydrogen-bond acceptors (Lipinski definition) is 4. The molecular formula is C23H26N2O2S. The van der Waals surface area contributed by atoms with Crippen LogP contribution in [0.4, 0.5) is 0 Å². The monoisotopic (exact) mass is 394 g/mol. The van der Waals surface area contributed by atoms with E-state index in [-0.39, 0.29) is 11.9 Å². The van der Waals surface area contributed by atoms with Gasteiger partial charge in [0.1, 0.15) is 10.8 Å². The van der Waals surface area contributed by atoms with Crippen LogP contribution < -0.4 is 10.1 Å². The number of thiazole rings is 1. The van der Waals surface area contributed by atoms with Gasteiger partial charge in [0.05, 0.1) is 12.3 Å². The number of nitrogens with zero attached hydrogens (tertiary/aromatic N) is 1. The van der Waals surface area contributed by atoms with E-state index >= 15 is 0 Å². The number of benzene rings is 2. The zero-order chi connectivity index (χ0) is 19.9. The van der Waals surface area contributed by atoms with Crippen molar-refractivity contribution in [2.75, 3.05) is 6.61 Å². The van der Waals surface area contributed by atoms with Crippen LogP contribution >= 0.6 is 11.3 Å². The highest BCUT2D eigenvalue weighted by Gasteiger charge is 2.08. The van der Waals surface area contributed by atoms with E-state index in [0.717, 1.165) is 40.4 Å². The highest BCUT2D eigenvalue weighted by Crippen LogP contribution is 2.30. The SMILES string of the molecule is CCOc1ccc(-c2nc(-c3ccc(CCC(C)NC(C)=O)cc3)cs2)cc1. The summed E-state index contributed by atoms with van der Waals surface area (Å²) in [6, 6.07) is 16.8. The van der Waals surface area contributed by atoms with Crippen LogP contribution in [0.15, 0.2) is 53.9 Å². The largest absolute Gasteiger partial charge is 0.494 e. The Bertz CT molecular complexity index is 901. The van der Waals surface area contributed by atoms with Gasteiger partial charge in [-0.05, 0) is 56.5 Å². The van der Waals surface area contributed by atoms with Crippen molar-refractivity contribution in [1.29, 1.82) is 0 Å². The van der Waals surface area contributed by atoms with Gasteiger partial charge in [-0.2, -0.15) is 0 Å². The molecule has 4 nitrogen and oxygen atoms in total. The highest BCUT2D eigenvalue weighted by atomic mass is 32.1. The van der Waals surface area contributed by atoms with Gasteiger partial charge >= 0.3 is 0 Å². The van der Waals surface area contributed by atoms with Crippen molar-refractivity contribution in [2.24, 2.45) is 0 Å². The molecule has 146 valence electrons. The van der Waals surface area contributed by atoms with E-state index < -0.39 is 0 Å². The van der Waals surface area contributed by atoms with Crippen LogP contribution in [0.25, 0.3) is 21.8 Å². The lowest BCUT2D eigenvalue weighted by molar-refractivity contribution is -0.119. The summed E-state index contributed by atoms with van der Waals surface area (Å²) in [6.07, 6.45) is 1.87. The number of amides is 1. The van der Waals surface area contributed by atoms with Crippen molar-refractivity contribution in [3.8, 4) is 27.6 Å². The lowest BCUT2D eigenvalue weighted by Crippen LogP contribution is -2.30. The normalized spacial score (nSPS) is 11.8. The summed E-state index contributed by atoms with van der Waals surface area (Å²) in [4.78, 5) is 15.9. The highest BCUT2D eigenvalue weighted by molar-refractivity contribution is 7.13. The predicted octanol–water partition coefficient (Wildman–Crippen LogP) is 5.33. The fraction of sp³-hybridized carbons (Fsp3) is 0.304. The Kier molecular flexibility index (Phi) is 6.82. The number of nitrogens with one attached hydrogen (secondary N) is 1. The maximum atomic E-state index is 11.1. The minimum atomic E-state index is 0.0229. The Balaban J connectivity index is 1.64.